The lowest BCUT2D eigenvalue weighted by atomic mass is 9.78. The molecule has 2 rings (SSSR count). The molecular formula is C13H26N2OS. The molecule has 1 saturated carbocycles. The molecule has 0 amide bonds. The smallest absolute Gasteiger partial charge is 0.0572 e. The Balaban J connectivity index is 1.99. The summed E-state index contributed by atoms with van der Waals surface area (Å²) in [5, 5.41) is 0. The third-order valence-electron chi connectivity index (χ3n) is 4.78. The number of nitrogens with zero attached hydrogens (tertiary/aromatic N) is 1. The molecule has 1 saturated heterocycles. The Morgan fingerprint density at radius 1 is 1.35 bits per heavy atom. The van der Waals surface area contributed by atoms with Gasteiger partial charge in [0, 0.05) is 31.0 Å². The number of hydrogen-bond donors (Lipinski definition) is 1. The lowest BCUT2D eigenvalue weighted by molar-refractivity contribution is -0.00904. The van der Waals surface area contributed by atoms with E-state index >= 15 is 0 Å². The van der Waals surface area contributed by atoms with Gasteiger partial charge < -0.3 is 10.5 Å². The highest BCUT2D eigenvalue weighted by atomic mass is 32.2. The van der Waals surface area contributed by atoms with Crippen LogP contribution in [0.15, 0.2) is 0 Å². The summed E-state index contributed by atoms with van der Waals surface area (Å²) in [5.41, 5.74) is 6.35. The van der Waals surface area contributed by atoms with Crippen LogP contribution in [0.4, 0.5) is 0 Å². The summed E-state index contributed by atoms with van der Waals surface area (Å²) >= 11 is 2.08. The molecule has 17 heavy (non-hydrogen) atoms. The Morgan fingerprint density at radius 2 is 2.06 bits per heavy atom. The first-order valence-corrected chi connectivity index (χ1v) is 7.91. The van der Waals surface area contributed by atoms with Crippen molar-refractivity contribution in [2.24, 2.45) is 5.73 Å². The fraction of sp³-hybridized carbons (Fsp3) is 1.00. The first-order valence-electron chi connectivity index (χ1n) is 6.75. The van der Waals surface area contributed by atoms with Crippen LogP contribution in [0.2, 0.25) is 0 Å². The molecule has 0 aromatic heterocycles. The molecule has 2 fully saturated rings. The molecule has 1 heterocycles. The van der Waals surface area contributed by atoms with Crippen LogP contribution in [0.25, 0.3) is 0 Å². The van der Waals surface area contributed by atoms with E-state index < -0.39 is 0 Å². The second-order valence-electron chi connectivity index (χ2n) is 5.49. The molecule has 2 aliphatic rings. The van der Waals surface area contributed by atoms with Crippen molar-refractivity contribution in [1.29, 1.82) is 0 Å². The van der Waals surface area contributed by atoms with Crippen molar-refractivity contribution >= 4 is 11.8 Å². The quantitative estimate of drug-likeness (QED) is 0.833. The maximum absolute atomic E-state index is 6.10. The minimum Gasteiger partial charge on any atom is -0.381 e. The van der Waals surface area contributed by atoms with Crippen LogP contribution < -0.4 is 5.73 Å². The van der Waals surface area contributed by atoms with Gasteiger partial charge in [0.15, 0.2) is 0 Å². The van der Waals surface area contributed by atoms with Crippen molar-refractivity contribution in [3.63, 3.8) is 0 Å². The maximum atomic E-state index is 6.10. The summed E-state index contributed by atoms with van der Waals surface area (Å²) in [5.74, 6) is 2.60. The van der Waals surface area contributed by atoms with E-state index in [9.17, 15) is 0 Å². The minimum atomic E-state index is 0.241. The van der Waals surface area contributed by atoms with Crippen molar-refractivity contribution in [3.05, 3.63) is 0 Å². The highest BCUT2D eigenvalue weighted by molar-refractivity contribution is 7.99. The number of thioether (sulfide) groups is 1. The Labute approximate surface area is 109 Å². The van der Waals surface area contributed by atoms with Crippen molar-refractivity contribution in [2.45, 2.75) is 49.8 Å². The number of likely N-dealkylation sites (N-methyl/N-ethyl adjacent to an activating group) is 1. The molecule has 3 nitrogen and oxygen atoms in total. The molecule has 0 spiro atoms. The average Bonchev–Trinajstić information content (AvgIpc) is 2.92. The predicted molar refractivity (Wildman–Crippen MR) is 74.5 cm³/mol. The van der Waals surface area contributed by atoms with Gasteiger partial charge in [0.2, 0.25) is 0 Å². The van der Waals surface area contributed by atoms with Gasteiger partial charge in [0.05, 0.1) is 6.10 Å². The highest BCUT2D eigenvalue weighted by Gasteiger charge is 2.40. The van der Waals surface area contributed by atoms with E-state index in [1.54, 1.807) is 0 Å². The normalized spacial score (nSPS) is 38.8. The Kier molecular flexibility index (Phi) is 4.75. The zero-order chi connectivity index (χ0) is 12.3. The summed E-state index contributed by atoms with van der Waals surface area (Å²) in [7, 11) is 4.12. The van der Waals surface area contributed by atoms with E-state index in [0.29, 0.717) is 6.10 Å². The number of ether oxygens (including phenoxy) is 1. The fourth-order valence-corrected chi connectivity index (χ4v) is 4.55. The first kappa shape index (κ1) is 13.7. The Bertz CT molecular complexity index is 236. The van der Waals surface area contributed by atoms with Crippen molar-refractivity contribution in [2.75, 3.05) is 32.2 Å². The van der Waals surface area contributed by atoms with Crippen LogP contribution in [-0.4, -0.2) is 54.8 Å². The van der Waals surface area contributed by atoms with Crippen LogP contribution in [0.5, 0.6) is 0 Å². The molecule has 0 radical (unpaired) electrons. The molecule has 100 valence electrons. The van der Waals surface area contributed by atoms with Gasteiger partial charge in [-0.1, -0.05) is 0 Å². The third kappa shape index (κ3) is 2.80. The van der Waals surface area contributed by atoms with Gasteiger partial charge in [0.1, 0.15) is 0 Å². The van der Waals surface area contributed by atoms with E-state index in [1.807, 2.05) is 7.11 Å². The van der Waals surface area contributed by atoms with Gasteiger partial charge in [-0.3, -0.25) is 4.90 Å². The molecule has 1 unspecified atom stereocenters. The summed E-state index contributed by atoms with van der Waals surface area (Å²) < 4.78 is 5.47. The predicted octanol–water partition coefficient (Wildman–Crippen LogP) is 1.71. The van der Waals surface area contributed by atoms with E-state index in [0.717, 1.165) is 25.4 Å². The number of hydrogen-bond acceptors (Lipinski definition) is 4. The lowest BCUT2D eigenvalue weighted by Gasteiger charge is -2.48. The maximum Gasteiger partial charge on any atom is 0.0572 e. The van der Waals surface area contributed by atoms with Crippen molar-refractivity contribution in [3.8, 4) is 0 Å². The van der Waals surface area contributed by atoms with Crippen LogP contribution in [-0.2, 0) is 4.74 Å². The van der Waals surface area contributed by atoms with Gasteiger partial charge in [-0.25, -0.2) is 0 Å². The van der Waals surface area contributed by atoms with Gasteiger partial charge in [-0.05, 0) is 44.9 Å². The van der Waals surface area contributed by atoms with E-state index in [2.05, 4.69) is 23.7 Å². The van der Waals surface area contributed by atoms with Gasteiger partial charge >= 0.3 is 0 Å². The number of methoxy groups -OCH3 is 1. The van der Waals surface area contributed by atoms with Crippen molar-refractivity contribution in [1.82, 2.24) is 4.90 Å². The molecular weight excluding hydrogens is 232 g/mol. The van der Waals surface area contributed by atoms with Gasteiger partial charge in [-0.15, -0.1) is 0 Å². The second kappa shape index (κ2) is 5.91. The van der Waals surface area contributed by atoms with Crippen LogP contribution in [0, 0.1) is 0 Å². The standard InChI is InChI=1S/C13H26N2OS/c1-15(11-5-8-17-9-11)13(10-14)6-3-12(16-2)4-7-13/h11-12H,3-10,14H2,1-2H3. The van der Waals surface area contributed by atoms with Crippen LogP contribution in [0.3, 0.4) is 0 Å². The summed E-state index contributed by atoms with van der Waals surface area (Å²) in [6, 6.07) is 0.739. The molecule has 1 atom stereocenters. The molecule has 0 bridgehead atoms. The molecule has 0 aromatic carbocycles. The molecule has 1 aliphatic carbocycles. The Hall–Kier alpha value is 0.230. The zero-order valence-corrected chi connectivity index (χ0v) is 12.0. The first-order chi connectivity index (χ1) is 8.22. The molecule has 2 N–H and O–H groups in total. The van der Waals surface area contributed by atoms with Gasteiger partial charge in [0.25, 0.3) is 0 Å². The topological polar surface area (TPSA) is 38.5 Å². The second-order valence-corrected chi connectivity index (χ2v) is 6.64. The fourth-order valence-electron chi connectivity index (χ4n) is 3.28. The average molecular weight is 258 g/mol. The van der Waals surface area contributed by atoms with E-state index in [4.69, 9.17) is 10.5 Å². The van der Waals surface area contributed by atoms with Crippen molar-refractivity contribution < 1.29 is 4.74 Å². The third-order valence-corrected chi connectivity index (χ3v) is 5.92. The molecule has 4 heteroatoms. The largest absolute Gasteiger partial charge is 0.381 e. The van der Waals surface area contributed by atoms with E-state index in [1.165, 1.54) is 30.8 Å². The molecule has 1 aliphatic heterocycles. The van der Waals surface area contributed by atoms with Gasteiger partial charge in [-0.2, -0.15) is 11.8 Å². The highest BCUT2D eigenvalue weighted by Crippen LogP contribution is 2.37. The Morgan fingerprint density at radius 3 is 2.53 bits per heavy atom. The van der Waals surface area contributed by atoms with Crippen LogP contribution in [0.1, 0.15) is 32.1 Å². The minimum absolute atomic E-state index is 0.241. The monoisotopic (exact) mass is 258 g/mol. The summed E-state index contributed by atoms with van der Waals surface area (Å²) in [4.78, 5) is 2.60. The van der Waals surface area contributed by atoms with E-state index in [-0.39, 0.29) is 5.54 Å². The SMILES string of the molecule is COC1CCC(CN)(N(C)C2CCSC2)CC1. The summed E-state index contributed by atoms with van der Waals surface area (Å²) in [6.45, 7) is 0.793. The molecule has 0 aromatic rings. The zero-order valence-electron chi connectivity index (χ0n) is 11.2. The summed E-state index contributed by atoms with van der Waals surface area (Å²) in [6.07, 6.45) is 6.51. The lowest BCUT2D eigenvalue weighted by Crippen LogP contribution is -2.58. The van der Waals surface area contributed by atoms with Crippen LogP contribution >= 0.6 is 11.8 Å². The number of nitrogens with two attached hydrogens (primary N) is 1. The number of rotatable bonds is 4.